The molecular weight excluding hydrogens is 377 g/mol. The van der Waals surface area contributed by atoms with Crippen LogP contribution in [0.3, 0.4) is 0 Å². The number of halogens is 1. The first kappa shape index (κ1) is 19.6. The molecule has 0 aromatic heterocycles. The van der Waals surface area contributed by atoms with Gasteiger partial charge in [0.1, 0.15) is 5.82 Å². The molecule has 30 heavy (non-hydrogen) atoms. The van der Waals surface area contributed by atoms with Crippen LogP contribution < -0.4 is 9.80 Å². The fourth-order valence-electron chi connectivity index (χ4n) is 5.67. The van der Waals surface area contributed by atoms with Crippen molar-refractivity contribution in [1.82, 2.24) is 4.90 Å². The number of rotatable bonds is 6. The first-order chi connectivity index (χ1) is 14.7. The molecule has 0 radical (unpaired) electrons. The quantitative estimate of drug-likeness (QED) is 0.667. The van der Waals surface area contributed by atoms with Crippen LogP contribution in [0.5, 0.6) is 0 Å². The molecule has 5 rings (SSSR count). The molecule has 5 heteroatoms. The Bertz CT molecular complexity index is 928. The summed E-state index contributed by atoms with van der Waals surface area (Å²) in [5.74, 6) is 0.380. The topological polar surface area (TPSA) is 26.8 Å². The molecule has 2 atom stereocenters. The predicted octanol–water partition coefficient (Wildman–Crippen LogP) is 4.31. The normalized spacial score (nSPS) is 22.7. The Balaban J connectivity index is 1.23. The van der Waals surface area contributed by atoms with Gasteiger partial charge in [0.05, 0.1) is 11.4 Å². The second-order valence-electron chi connectivity index (χ2n) is 8.78. The summed E-state index contributed by atoms with van der Waals surface area (Å²) in [5.41, 5.74) is 5.02. The molecule has 3 aliphatic heterocycles. The SMILES string of the molecule is CCN1CCN2c3c(cccc31)[C@@H]1CN(CCCC(=O)c3ccc(F)cc3)CC[C@@H]12. The largest absolute Gasteiger partial charge is 0.368 e. The van der Waals surface area contributed by atoms with Gasteiger partial charge in [-0.15, -0.1) is 0 Å². The van der Waals surface area contributed by atoms with Crippen molar-refractivity contribution in [2.45, 2.75) is 38.1 Å². The standard InChI is InChI=1S/C25H30FN3O/c1-2-28-15-16-29-22-12-14-27(17-21(22)20-5-3-6-23(28)25(20)29)13-4-7-24(30)18-8-10-19(26)11-9-18/h3,5-6,8-11,21-22H,2,4,7,12-17H2,1H3/t21-,22-/m0/s1. The number of benzene rings is 2. The van der Waals surface area contributed by atoms with Crippen molar-refractivity contribution < 1.29 is 9.18 Å². The molecular formula is C25H30FN3O. The molecule has 0 unspecified atom stereocenters. The second-order valence-corrected chi connectivity index (χ2v) is 8.78. The van der Waals surface area contributed by atoms with Gasteiger partial charge < -0.3 is 14.7 Å². The molecule has 0 saturated carbocycles. The summed E-state index contributed by atoms with van der Waals surface area (Å²) in [6.07, 6.45) is 2.57. The molecule has 0 aliphatic carbocycles. The number of anilines is 2. The van der Waals surface area contributed by atoms with Crippen LogP contribution in [0.1, 0.15) is 48.0 Å². The molecule has 0 N–H and O–H groups in total. The maximum atomic E-state index is 13.1. The van der Waals surface area contributed by atoms with Crippen LogP contribution >= 0.6 is 0 Å². The van der Waals surface area contributed by atoms with Crippen LogP contribution in [0, 0.1) is 5.82 Å². The van der Waals surface area contributed by atoms with E-state index in [-0.39, 0.29) is 11.6 Å². The summed E-state index contributed by atoms with van der Waals surface area (Å²) in [4.78, 5) is 20.1. The summed E-state index contributed by atoms with van der Waals surface area (Å²) < 4.78 is 13.1. The number of para-hydroxylation sites is 1. The molecule has 0 bridgehead atoms. The Hall–Kier alpha value is -2.40. The van der Waals surface area contributed by atoms with Crippen LogP contribution in [0.15, 0.2) is 42.5 Å². The highest BCUT2D eigenvalue weighted by atomic mass is 19.1. The van der Waals surface area contributed by atoms with E-state index >= 15 is 0 Å². The van der Waals surface area contributed by atoms with Crippen LogP contribution in [0.25, 0.3) is 0 Å². The van der Waals surface area contributed by atoms with Crippen LogP contribution in [0.4, 0.5) is 15.8 Å². The molecule has 0 amide bonds. The third-order valence-corrected chi connectivity index (χ3v) is 7.17. The zero-order chi connectivity index (χ0) is 20.7. The van der Waals surface area contributed by atoms with Crippen molar-refractivity contribution in [1.29, 1.82) is 0 Å². The van der Waals surface area contributed by atoms with Crippen molar-refractivity contribution in [3.63, 3.8) is 0 Å². The number of fused-ring (bicyclic) bond motifs is 3. The van der Waals surface area contributed by atoms with Gasteiger partial charge in [-0.25, -0.2) is 4.39 Å². The predicted molar refractivity (Wildman–Crippen MR) is 119 cm³/mol. The Morgan fingerprint density at radius 3 is 2.73 bits per heavy atom. The lowest BCUT2D eigenvalue weighted by Crippen LogP contribution is -2.49. The average Bonchev–Trinajstić information content (AvgIpc) is 3.09. The molecule has 2 aromatic rings. The van der Waals surface area contributed by atoms with Gasteiger partial charge in [-0.05, 0) is 62.2 Å². The number of carbonyl (C=O) groups excluding carboxylic acids is 1. The van der Waals surface area contributed by atoms with Crippen molar-refractivity contribution in [3.05, 3.63) is 59.4 Å². The summed E-state index contributed by atoms with van der Waals surface area (Å²) in [6, 6.07) is 13.4. The van der Waals surface area contributed by atoms with Gasteiger partial charge in [0.15, 0.2) is 5.78 Å². The van der Waals surface area contributed by atoms with E-state index in [4.69, 9.17) is 0 Å². The first-order valence-corrected chi connectivity index (χ1v) is 11.3. The maximum Gasteiger partial charge on any atom is 0.162 e. The van der Waals surface area contributed by atoms with Crippen LogP contribution in [-0.2, 0) is 0 Å². The Labute approximate surface area is 178 Å². The molecule has 2 aromatic carbocycles. The minimum Gasteiger partial charge on any atom is -0.368 e. The molecule has 3 heterocycles. The Morgan fingerprint density at radius 2 is 1.93 bits per heavy atom. The zero-order valence-electron chi connectivity index (χ0n) is 17.7. The van der Waals surface area contributed by atoms with E-state index in [0.717, 1.165) is 45.7 Å². The zero-order valence-corrected chi connectivity index (χ0v) is 17.7. The average molecular weight is 408 g/mol. The summed E-state index contributed by atoms with van der Waals surface area (Å²) >= 11 is 0. The fraction of sp³-hybridized carbons (Fsp3) is 0.480. The van der Waals surface area contributed by atoms with E-state index in [1.807, 2.05) is 0 Å². The number of carbonyl (C=O) groups is 1. The third kappa shape index (κ3) is 3.39. The van der Waals surface area contributed by atoms with E-state index in [0.29, 0.717) is 23.9 Å². The molecule has 3 aliphatic rings. The van der Waals surface area contributed by atoms with Crippen molar-refractivity contribution in [3.8, 4) is 0 Å². The highest BCUT2D eigenvalue weighted by Crippen LogP contribution is 2.50. The second kappa shape index (κ2) is 8.03. The highest BCUT2D eigenvalue weighted by Gasteiger charge is 2.44. The Kier molecular flexibility index (Phi) is 5.23. The molecule has 1 fully saturated rings. The van der Waals surface area contributed by atoms with Gasteiger partial charge in [0.2, 0.25) is 0 Å². The minimum absolute atomic E-state index is 0.109. The Morgan fingerprint density at radius 1 is 1.10 bits per heavy atom. The number of Topliss-reactive ketones (excluding diaryl/α,β-unsaturated/α-hetero) is 1. The van der Waals surface area contributed by atoms with E-state index in [2.05, 4.69) is 39.8 Å². The van der Waals surface area contributed by atoms with Crippen molar-refractivity contribution in [2.75, 3.05) is 49.1 Å². The number of hydrogen-bond donors (Lipinski definition) is 0. The van der Waals surface area contributed by atoms with E-state index < -0.39 is 0 Å². The van der Waals surface area contributed by atoms with Gasteiger partial charge in [0, 0.05) is 56.7 Å². The number of ketones is 1. The summed E-state index contributed by atoms with van der Waals surface area (Å²) in [5, 5.41) is 0. The van der Waals surface area contributed by atoms with Crippen LogP contribution in [-0.4, -0.2) is 56.0 Å². The van der Waals surface area contributed by atoms with E-state index in [1.54, 1.807) is 12.1 Å². The van der Waals surface area contributed by atoms with E-state index in [1.165, 1.54) is 35.5 Å². The van der Waals surface area contributed by atoms with Gasteiger partial charge in [-0.3, -0.25) is 4.79 Å². The lowest BCUT2D eigenvalue weighted by Gasteiger charge is -2.42. The molecule has 0 spiro atoms. The van der Waals surface area contributed by atoms with Gasteiger partial charge in [-0.1, -0.05) is 12.1 Å². The monoisotopic (exact) mass is 407 g/mol. The summed E-state index contributed by atoms with van der Waals surface area (Å²) in [7, 11) is 0. The van der Waals surface area contributed by atoms with Gasteiger partial charge in [0.25, 0.3) is 0 Å². The third-order valence-electron chi connectivity index (χ3n) is 7.17. The lowest BCUT2D eigenvalue weighted by atomic mass is 9.89. The molecule has 4 nitrogen and oxygen atoms in total. The number of hydrogen-bond acceptors (Lipinski definition) is 4. The van der Waals surface area contributed by atoms with Crippen LogP contribution in [0.2, 0.25) is 0 Å². The smallest absolute Gasteiger partial charge is 0.162 e. The van der Waals surface area contributed by atoms with Crippen molar-refractivity contribution >= 4 is 17.2 Å². The maximum absolute atomic E-state index is 13.1. The summed E-state index contributed by atoms with van der Waals surface area (Å²) in [6.45, 7) is 8.68. The number of likely N-dealkylation sites (tertiary alicyclic amines) is 1. The first-order valence-electron chi connectivity index (χ1n) is 11.3. The number of piperidine rings is 1. The van der Waals surface area contributed by atoms with E-state index in [9.17, 15) is 9.18 Å². The van der Waals surface area contributed by atoms with Gasteiger partial charge >= 0.3 is 0 Å². The number of likely N-dealkylation sites (N-methyl/N-ethyl adjacent to an activating group) is 1. The molecule has 158 valence electrons. The lowest BCUT2D eigenvalue weighted by molar-refractivity contribution is 0.0971. The highest BCUT2D eigenvalue weighted by molar-refractivity contribution is 5.95. The fourth-order valence-corrected chi connectivity index (χ4v) is 5.67. The van der Waals surface area contributed by atoms with Gasteiger partial charge in [-0.2, -0.15) is 0 Å². The number of nitrogens with zero attached hydrogens (tertiary/aromatic N) is 3. The molecule has 1 saturated heterocycles. The minimum atomic E-state index is -0.297. The van der Waals surface area contributed by atoms with Crippen molar-refractivity contribution in [2.24, 2.45) is 0 Å².